The third kappa shape index (κ3) is 4.67. The summed E-state index contributed by atoms with van der Waals surface area (Å²) in [5, 5.41) is 4.13. The van der Waals surface area contributed by atoms with E-state index in [0.717, 1.165) is 14.7 Å². The number of aryl methyl sites for hydroxylation is 2. The molecule has 4 rings (SSSR count). The minimum absolute atomic E-state index is 0.120. The third-order valence-corrected chi connectivity index (χ3v) is 6.28. The molecule has 0 saturated carbocycles. The van der Waals surface area contributed by atoms with Gasteiger partial charge >= 0.3 is 6.18 Å². The molecule has 0 aliphatic heterocycles. The first-order chi connectivity index (χ1) is 15.7. The molecule has 0 atom stereocenters. The van der Waals surface area contributed by atoms with Gasteiger partial charge in [0, 0.05) is 24.9 Å². The summed E-state index contributed by atoms with van der Waals surface area (Å²) in [4.78, 5) is 27.0. The van der Waals surface area contributed by atoms with Crippen molar-refractivity contribution in [2.24, 2.45) is 0 Å². The van der Waals surface area contributed by atoms with Crippen molar-refractivity contribution in [1.82, 2.24) is 24.6 Å². The quantitative estimate of drug-likeness (QED) is 0.400. The van der Waals surface area contributed by atoms with Crippen molar-refractivity contribution in [2.45, 2.75) is 32.9 Å². The van der Waals surface area contributed by atoms with Crippen LogP contribution < -0.4 is 4.90 Å². The van der Waals surface area contributed by atoms with E-state index >= 15 is 0 Å². The van der Waals surface area contributed by atoms with Gasteiger partial charge in [-0.25, -0.2) is 14.5 Å². The molecule has 0 aliphatic rings. The lowest BCUT2D eigenvalue weighted by Crippen LogP contribution is -2.34. The SMILES string of the molecule is COCCN(C(=O)CCc1c(C)nc2nc(C(F)(F)F)nn2c1C)c1nc2ccccc2s1. The molecule has 12 heteroatoms. The Labute approximate surface area is 191 Å². The number of alkyl halides is 3. The van der Waals surface area contributed by atoms with Crippen molar-refractivity contribution in [3.05, 3.63) is 47.0 Å². The summed E-state index contributed by atoms with van der Waals surface area (Å²) in [6.07, 6.45) is -4.26. The number of carbonyl (C=O) groups is 1. The van der Waals surface area contributed by atoms with Crippen molar-refractivity contribution in [3.8, 4) is 0 Å². The summed E-state index contributed by atoms with van der Waals surface area (Å²) in [5.41, 5.74) is 2.44. The van der Waals surface area contributed by atoms with Crippen molar-refractivity contribution < 1.29 is 22.7 Å². The molecule has 4 aromatic rings. The highest BCUT2D eigenvalue weighted by atomic mass is 32.1. The van der Waals surface area contributed by atoms with E-state index < -0.39 is 12.0 Å². The number of hydrogen-bond acceptors (Lipinski definition) is 7. The maximum absolute atomic E-state index is 13.2. The summed E-state index contributed by atoms with van der Waals surface area (Å²) in [5.74, 6) is -1.53. The van der Waals surface area contributed by atoms with Gasteiger partial charge in [-0.1, -0.05) is 23.5 Å². The molecular formula is C21H21F3N6O2S. The van der Waals surface area contributed by atoms with Crippen molar-refractivity contribution in [2.75, 3.05) is 25.2 Å². The normalized spacial score (nSPS) is 12.1. The van der Waals surface area contributed by atoms with Gasteiger partial charge in [-0.2, -0.15) is 18.2 Å². The van der Waals surface area contributed by atoms with Gasteiger partial charge in [-0.3, -0.25) is 9.69 Å². The summed E-state index contributed by atoms with van der Waals surface area (Å²) in [6.45, 7) is 4.01. The first kappa shape index (κ1) is 23.1. The van der Waals surface area contributed by atoms with E-state index in [1.54, 1.807) is 25.9 Å². The zero-order valence-corrected chi connectivity index (χ0v) is 19.0. The highest BCUT2D eigenvalue weighted by Gasteiger charge is 2.37. The number of thiazole rings is 1. The van der Waals surface area contributed by atoms with Crippen LogP contribution in [0.1, 0.15) is 29.2 Å². The van der Waals surface area contributed by atoms with Gasteiger partial charge < -0.3 is 4.74 Å². The highest BCUT2D eigenvalue weighted by molar-refractivity contribution is 7.22. The maximum Gasteiger partial charge on any atom is 0.453 e. The summed E-state index contributed by atoms with van der Waals surface area (Å²) < 4.78 is 46.2. The Hall–Kier alpha value is -3.12. The average molecular weight is 479 g/mol. The van der Waals surface area contributed by atoms with Crippen LogP contribution in [0, 0.1) is 13.8 Å². The van der Waals surface area contributed by atoms with Crippen molar-refractivity contribution in [1.29, 1.82) is 0 Å². The number of aromatic nitrogens is 5. The molecular weight excluding hydrogens is 457 g/mol. The van der Waals surface area contributed by atoms with Crippen LogP contribution in [0.5, 0.6) is 0 Å². The van der Waals surface area contributed by atoms with Gasteiger partial charge in [0.2, 0.25) is 5.91 Å². The fourth-order valence-corrected chi connectivity index (χ4v) is 4.55. The number of methoxy groups -OCH3 is 1. The molecule has 3 aromatic heterocycles. The minimum Gasteiger partial charge on any atom is -0.383 e. The molecule has 0 unspecified atom stereocenters. The number of halogens is 3. The molecule has 3 heterocycles. The van der Waals surface area contributed by atoms with Crippen LogP contribution in [-0.2, 0) is 22.1 Å². The number of ether oxygens (including phenoxy) is 1. The van der Waals surface area contributed by atoms with Gasteiger partial charge in [0.05, 0.1) is 23.4 Å². The van der Waals surface area contributed by atoms with E-state index in [9.17, 15) is 18.0 Å². The first-order valence-electron chi connectivity index (χ1n) is 10.1. The Bertz CT molecular complexity index is 1280. The van der Waals surface area contributed by atoms with Crippen LogP contribution in [-0.4, -0.2) is 50.7 Å². The first-order valence-corrected chi connectivity index (χ1v) is 11.0. The number of fused-ring (bicyclic) bond motifs is 2. The second kappa shape index (κ2) is 9.02. The molecule has 174 valence electrons. The van der Waals surface area contributed by atoms with Crippen molar-refractivity contribution in [3.63, 3.8) is 0 Å². The topological polar surface area (TPSA) is 85.5 Å². The van der Waals surface area contributed by atoms with Crippen LogP contribution >= 0.6 is 11.3 Å². The average Bonchev–Trinajstić information content (AvgIpc) is 3.38. The van der Waals surface area contributed by atoms with E-state index in [0.29, 0.717) is 35.2 Å². The Morgan fingerprint density at radius 2 is 1.94 bits per heavy atom. The summed E-state index contributed by atoms with van der Waals surface area (Å²) in [7, 11) is 1.56. The second-order valence-electron chi connectivity index (χ2n) is 7.41. The van der Waals surface area contributed by atoms with Crippen LogP contribution in [0.3, 0.4) is 0 Å². The lowest BCUT2D eigenvalue weighted by Gasteiger charge is -2.20. The summed E-state index contributed by atoms with van der Waals surface area (Å²) >= 11 is 1.42. The molecule has 1 aromatic carbocycles. The second-order valence-corrected chi connectivity index (χ2v) is 8.42. The Morgan fingerprint density at radius 3 is 2.64 bits per heavy atom. The number of anilines is 1. The number of hydrogen-bond donors (Lipinski definition) is 0. The standard InChI is InChI=1S/C21H21F3N6O2S/c1-12-14(13(2)30-19(25-12)27-18(28-30)21(22,23)24)8-9-17(31)29(10-11-32-3)20-26-15-6-4-5-7-16(15)33-20/h4-7H,8-11H2,1-3H3. The lowest BCUT2D eigenvalue weighted by atomic mass is 10.1. The van der Waals surface area contributed by atoms with Crippen LogP contribution in [0.4, 0.5) is 18.3 Å². The molecule has 0 fully saturated rings. The predicted molar refractivity (Wildman–Crippen MR) is 117 cm³/mol. The molecule has 0 saturated heterocycles. The number of rotatable bonds is 7. The smallest absolute Gasteiger partial charge is 0.383 e. The number of carbonyl (C=O) groups excluding carboxylic acids is 1. The van der Waals surface area contributed by atoms with Gasteiger partial charge in [-0.15, -0.1) is 5.10 Å². The molecule has 0 aliphatic carbocycles. The fourth-order valence-electron chi connectivity index (χ4n) is 3.54. The van der Waals surface area contributed by atoms with Crippen LogP contribution in [0.15, 0.2) is 24.3 Å². The van der Waals surface area contributed by atoms with E-state index in [1.165, 1.54) is 11.3 Å². The Morgan fingerprint density at radius 1 is 1.18 bits per heavy atom. The van der Waals surface area contributed by atoms with E-state index in [1.807, 2.05) is 24.3 Å². The predicted octanol–water partition coefficient (Wildman–Crippen LogP) is 3.98. The molecule has 8 nitrogen and oxygen atoms in total. The highest BCUT2D eigenvalue weighted by Crippen LogP contribution is 2.30. The monoisotopic (exact) mass is 478 g/mol. The zero-order chi connectivity index (χ0) is 23.8. The van der Waals surface area contributed by atoms with Gasteiger partial charge in [0.15, 0.2) is 5.13 Å². The molecule has 0 bridgehead atoms. The molecule has 1 amide bonds. The van der Waals surface area contributed by atoms with E-state index in [2.05, 4.69) is 20.1 Å². The molecule has 0 spiro atoms. The van der Waals surface area contributed by atoms with Gasteiger partial charge in [0.1, 0.15) is 0 Å². The number of nitrogens with zero attached hydrogens (tertiary/aromatic N) is 6. The third-order valence-electron chi connectivity index (χ3n) is 5.22. The van der Waals surface area contributed by atoms with Crippen molar-refractivity contribution >= 4 is 38.4 Å². The minimum atomic E-state index is -4.66. The Kier molecular flexibility index (Phi) is 6.30. The zero-order valence-electron chi connectivity index (χ0n) is 18.2. The van der Waals surface area contributed by atoms with E-state index in [4.69, 9.17) is 4.74 Å². The molecule has 0 radical (unpaired) electrons. The molecule has 33 heavy (non-hydrogen) atoms. The molecule has 0 N–H and O–H groups in total. The summed E-state index contributed by atoms with van der Waals surface area (Å²) in [6, 6.07) is 7.62. The maximum atomic E-state index is 13.2. The van der Waals surface area contributed by atoms with Crippen LogP contribution in [0.25, 0.3) is 16.0 Å². The number of amides is 1. The van der Waals surface area contributed by atoms with Crippen LogP contribution in [0.2, 0.25) is 0 Å². The fraction of sp³-hybridized carbons (Fsp3) is 0.381. The van der Waals surface area contributed by atoms with E-state index in [-0.39, 0.29) is 24.5 Å². The largest absolute Gasteiger partial charge is 0.453 e. The van der Waals surface area contributed by atoms with Gasteiger partial charge in [-0.05, 0) is 38.0 Å². The number of benzene rings is 1. The van der Waals surface area contributed by atoms with Gasteiger partial charge in [0.25, 0.3) is 11.6 Å². The number of para-hydroxylation sites is 1. The Balaban J connectivity index is 1.59. The lowest BCUT2D eigenvalue weighted by molar-refractivity contribution is -0.144.